The van der Waals surface area contributed by atoms with Gasteiger partial charge in [0, 0.05) is 13.0 Å². The molecule has 0 aliphatic heterocycles. The monoisotopic (exact) mass is 183 g/mol. The summed E-state index contributed by atoms with van der Waals surface area (Å²) in [5.41, 5.74) is 0. The molecule has 13 heavy (non-hydrogen) atoms. The van der Waals surface area contributed by atoms with Gasteiger partial charge in [-0.3, -0.25) is 4.79 Å². The highest BCUT2D eigenvalue weighted by molar-refractivity contribution is 5.73. The first-order valence-corrected chi connectivity index (χ1v) is 5.10. The van der Waals surface area contributed by atoms with Crippen LogP contribution in [0.1, 0.15) is 46.0 Å². The van der Waals surface area contributed by atoms with Crippen molar-refractivity contribution in [1.29, 1.82) is 0 Å². The zero-order valence-electron chi connectivity index (χ0n) is 8.81. The highest BCUT2D eigenvalue weighted by Gasteiger charge is 2.03. The van der Waals surface area contributed by atoms with Gasteiger partial charge >= 0.3 is 0 Å². The van der Waals surface area contributed by atoms with E-state index in [0.29, 0.717) is 0 Å². The average molecular weight is 183 g/mol. The number of carbonyl (C=O) groups is 1. The Morgan fingerprint density at radius 1 is 1.46 bits per heavy atom. The SMILES string of the molecule is C=CC(CCCCCC)NC(C)=O. The summed E-state index contributed by atoms with van der Waals surface area (Å²) in [5, 5.41) is 2.85. The molecule has 1 unspecified atom stereocenters. The molecule has 0 spiro atoms. The summed E-state index contributed by atoms with van der Waals surface area (Å²) in [6.07, 6.45) is 7.78. The zero-order chi connectivity index (χ0) is 10.1. The van der Waals surface area contributed by atoms with Gasteiger partial charge in [0.15, 0.2) is 0 Å². The van der Waals surface area contributed by atoms with Crippen molar-refractivity contribution < 1.29 is 4.79 Å². The van der Waals surface area contributed by atoms with Crippen LogP contribution >= 0.6 is 0 Å². The van der Waals surface area contributed by atoms with E-state index < -0.39 is 0 Å². The molecule has 0 aromatic carbocycles. The maximum Gasteiger partial charge on any atom is 0.217 e. The molecule has 0 aromatic heterocycles. The van der Waals surface area contributed by atoms with Crippen LogP contribution in [0.25, 0.3) is 0 Å². The van der Waals surface area contributed by atoms with Crippen molar-refractivity contribution in [2.75, 3.05) is 0 Å². The highest BCUT2D eigenvalue weighted by Crippen LogP contribution is 2.05. The molecule has 0 radical (unpaired) electrons. The van der Waals surface area contributed by atoms with Crippen molar-refractivity contribution >= 4 is 5.91 Å². The lowest BCUT2D eigenvalue weighted by atomic mass is 10.1. The molecular formula is C11H21NO. The van der Waals surface area contributed by atoms with Crippen LogP contribution in [-0.4, -0.2) is 11.9 Å². The smallest absolute Gasteiger partial charge is 0.217 e. The maximum absolute atomic E-state index is 10.7. The van der Waals surface area contributed by atoms with E-state index in [-0.39, 0.29) is 11.9 Å². The molecule has 1 atom stereocenters. The lowest BCUT2D eigenvalue weighted by Gasteiger charge is -2.12. The molecule has 2 nitrogen and oxygen atoms in total. The number of amides is 1. The van der Waals surface area contributed by atoms with Gasteiger partial charge in [-0.2, -0.15) is 0 Å². The van der Waals surface area contributed by atoms with Gasteiger partial charge in [0.05, 0.1) is 0 Å². The molecule has 0 saturated carbocycles. The second kappa shape index (κ2) is 7.84. The van der Waals surface area contributed by atoms with Crippen LogP contribution < -0.4 is 5.32 Å². The van der Waals surface area contributed by atoms with Gasteiger partial charge in [0.1, 0.15) is 0 Å². The fourth-order valence-electron chi connectivity index (χ4n) is 1.30. The maximum atomic E-state index is 10.7. The topological polar surface area (TPSA) is 29.1 Å². The summed E-state index contributed by atoms with van der Waals surface area (Å²) >= 11 is 0. The van der Waals surface area contributed by atoms with Crippen molar-refractivity contribution in [3.63, 3.8) is 0 Å². The Balaban J connectivity index is 3.48. The van der Waals surface area contributed by atoms with Crippen LogP contribution in [0.5, 0.6) is 0 Å². The number of unbranched alkanes of at least 4 members (excludes halogenated alkanes) is 3. The Hall–Kier alpha value is -0.790. The molecule has 76 valence electrons. The summed E-state index contributed by atoms with van der Waals surface area (Å²) in [6, 6.07) is 0.161. The zero-order valence-corrected chi connectivity index (χ0v) is 8.81. The Kier molecular flexibility index (Phi) is 7.36. The molecule has 2 heteroatoms. The van der Waals surface area contributed by atoms with E-state index in [1.54, 1.807) is 6.92 Å². The quantitative estimate of drug-likeness (QED) is 0.477. The Bertz CT molecular complexity index is 154. The van der Waals surface area contributed by atoms with Crippen LogP contribution in [0, 0.1) is 0 Å². The van der Waals surface area contributed by atoms with Crippen molar-refractivity contribution in [1.82, 2.24) is 5.32 Å². The molecule has 0 aliphatic rings. The summed E-state index contributed by atoms with van der Waals surface area (Å²) in [5.74, 6) is 0.0281. The second-order valence-corrected chi connectivity index (χ2v) is 3.39. The fraction of sp³-hybridized carbons (Fsp3) is 0.727. The van der Waals surface area contributed by atoms with Crippen molar-refractivity contribution in [2.45, 2.75) is 52.0 Å². The Labute approximate surface area is 81.4 Å². The third kappa shape index (κ3) is 7.57. The molecular weight excluding hydrogens is 162 g/mol. The molecule has 1 amide bonds. The average Bonchev–Trinajstić information content (AvgIpc) is 2.09. The normalized spacial score (nSPS) is 12.2. The van der Waals surface area contributed by atoms with Gasteiger partial charge in [-0.15, -0.1) is 6.58 Å². The first-order chi connectivity index (χ1) is 6.20. The minimum atomic E-state index is 0.0281. The van der Waals surface area contributed by atoms with Crippen LogP contribution in [0.15, 0.2) is 12.7 Å². The van der Waals surface area contributed by atoms with Gasteiger partial charge in [0.2, 0.25) is 5.91 Å². The second-order valence-electron chi connectivity index (χ2n) is 3.39. The van der Waals surface area contributed by atoms with E-state index in [1.807, 2.05) is 6.08 Å². The van der Waals surface area contributed by atoms with Crippen LogP contribution in [0.3, 0.4) is 0 Å². The van der Waals surface area contributed by atoms with Gasteiger partial charge in [0.25, 0.3) is 0 Å². The largest absolute Gasteiger partial charge is 0.350 e. The number of hydrogen-bond acceptors (Lipinski definition) is 1. The van der Waals surface area contributed by atoms with Crippen molar-refractivity contribution in [3.05, 3.63) is 12.7 Å². The lowest BCUT2D eigenvalue weighted by molar-refractivity contribution is -0.119. The van der Waals surface area contributed by atoms with Crippen molar-refractivity contribution in [2.24, 2.45) is 0 Å². The minimum absolute atomic E-state index is 0.0281. The van der Waals surface area contributed by atoms with Crippen molar-refractivity contribution in [3.8, 4) is 0 Å². The van der Waals surface area contributed by atoms with Crippen LogP contribution in [0.4, 0.5) is 0 Å². The molecule has 1 N–H and O–H groups in total. The third-order valence-corrected chi connectivity index (χ3v) is 2.04. The highest BCUT2D eigenvalue weighted by atomic mass is 16.1. The number of hydrogen-bond donors (Lipinski definition) is 1. The number of rotatable bonds is 7. The summed E-state index contributed by atoms with van der Waals surface area (Å²) in [7, 11) is 0. The van der Waals surface area contributed by atoms with E-state index in [2.05, 4.69) is 18.8 Å². The van der Waals surface area contributed by atoms with Crippen LogP contribution in [-0.2, 0) is 4.79 Å². The summed E-state index contributed by atoms with van der Waals surface area (Å²) in [6.45, 7) is 7.44. The molecule has 0 saturated heterocycles. The number of nitrogens with one attached hydrogen (secondary N) is 1. The first-order valence-electron chi connectivity index (χ1n) is 5.10. The Morgan fingerprint density at radius 2 is 2.15 bits per heavy atom. The fourth-order valence-corrected chi connectivity index (χ4v) is 1.30. The van der Waals surface area contributed by atoms with Crippen LogP contribution in [0.2, 0.25) is 0 Å². The van der Waals surface area contributed by atoms with Gasteiger partial charge in [-0.1, -0.05) is 38.7 Å². The predicted octanol–water partition coefficient (Wildman–Crippen LogP) is 2.65. The third-order valence-electron chi connectivity index (χ3n) is 2.04. The van der Waals surface area contributed by atoms with Gasteiger partial charge < -0.3 is 5.32 Å². The Morgan fingerprint density at radius 3 is 2.62 bits per heavy atom. The molecule has 0 fully saturated rings. The predicted molar refractivity (Wildman–Crippen MR) is 56.6 cm³/mol. The summed E-state index contributed by atoms with van der Waals surface area (Å²) < 4.78 is 0. The van der Waals surface area contributed by atoms with Gasteiger partial charge in [-0.25, -0.2) is 0 Å². The standard InChI is InChI=1S/C11H21NO/c1-4-6-7-8-9-11(5-2)12-10(3)13/h5,11H,2,4,6-9H2,1,3H3,(H,12,13). The van der Waals surface area contributed by atoms with E-state index >= 15 is 0 Å². The van der Waals surface area contributed by atoms with E-state index in [1.165, 1.54) is 25.7 Å². The number of carbonyl (C=O) groups excluding carboxylic acids is 1. The molecule has 0 heterocycles. The summed E-state index contributed by atoms with van der Waals surface area (Å²) in [4.78, 5) is 10.7. The van der Waals surface area contributed by atoms with Gasteiger partial charge in [-0.05, 0) is 6.42 Å². The lowest BCUT2D eigenvalue weighted by Crippen LogP contribution is -2.31. The molecule has 0 aromatic rings. The molecule has 0 rings (SSSR count). The molecule has 0 aliphatic carbocycles. The van der Waals surface area contributed by atoms with E-state index in [4.69, 9.17) is 0 Å². The van der Waals surface area contributed by atoms with E-state index in [0.717, 1.165) is 6.42 Å². The molecule has 0 bridgehead atoms. The minimum Gasteiger partial charge on any atom is -0.350 e. The van der Waals surface area contributed by atoms with E-state index in [9.17, 15) is 4.79 Å². The first kappa shape index (κ1) is 12.2.